The summed E-state index contributed by atoms with van der Waals surface area (Å²) in [6, 6.07) is -3.82. The molecule has 1 heterocycles. The van der Waals surface area contributed by atoms with E-state index in [1.165, 1.54) is 105 Å². The molecule has 1 rings (SSSR count). The number of methoxy groups -OCH3 is 1. The number of nitrogens with two attached hydrogens (primary N) is 1. The lowest BCUT2D eigenvalue weighted by Gasteiger charge is -2.43. The van der Waals surface area contributed by atoms with Gasteiger partial charge in [-0.25, -0.2) is 0 Å². The number of aliphatic hydroxyl groups is 2. The molecular formula is C48H86N4O14. The van der Waals surface area contributed by atoms with E-state index in [4.69, 9.17) is 24.7 Å². The number of rotatable bonds is 38. The smallest absolute Gasteiger partial charge is 0.309 e. The molecule has 18 nitrogen and oxygen atoms in total. The number of esters is 3. The minimum Gasteiger partial charge on any atom is -0.469 e. The Morgan fingerprint density at radius 3 is 1.71 bits per heavy atom. The molecule has 0 saturated carbocycles. The summed E-state index contributed by atoms with van der Waals surface area (Å²) in [6.07, 6.45) is 14.5. The van der Waals surface area contributed by atoms with Crippen LogP contribution in [0.1, 0.15) is 195 Å². The molecule has 0 spiro atoms. The first-order chi connectivity index (χ1) is 31.5. The first kappa shape index (κ1) is 60.1. The molecule has 4 amide bonds. The Balaban J connectivity index is 2.87. The number of carbonyl (C=O) groups excluding carboxylic acids is 7. The Morgan fingerprint density at radius 2 is 1.20 bits per heavy atom. The normalized spacial score (nSPS) is 20.0. The van der Waals surface area contributed by atoms with E-state index < -0.39 is 97.1 Å². The lowest BCUT2D eigenvalue weighted by molar-refractivity contribution is -0.267. The van der Waals surface area contributed by atoms with Gasteiger partial charge in [0.05, 0.1) is 13.5 Å². The van der Waals surface area contributed by atoms with Gasteiger partial charge in [-0.3, -0.25) is 33.6 Å². The zero-order valence-electron chi connectivity index (χ0n) is 41.0. The van der Waals surface area contributed by atoms with Gasteiger partial charge in [-0.2, -0.15) is 0 Å². The largest absolute Gasteiger partial charge is 0.469 e. The highest BCUT2D eigenvalue weighted by molar-refractivity contribution is 5.92. The van der Waals surface area contributed by atoms with Crippen LogP contribution >= 0.6 is 0 Å². The Kier molecular flexibility index (Phi) is 33.0. The second-order valence-corrected chi connectivity index (χ2v) is 17.7. The number of primary amides is 1. The van der Waals surface area contributed by atoms with E-state index in [-0.39, 0.29) is 31.7 Å². The Hall–Kier alpha value is -3.87. The molecular weight excluding hydrogens is 857 g/mol. The van der Waals surface area contributed by atoms with E-state index in [0.29, 0.717) is 12.8 Å². The van der Waals surface area contributed by atoms with E-state index in [9.17, 15) is 43.8 Å². The molecule has 0 aromatic heterocycles. The molecule has 1 fully saturated rings. The molecule has 0 aromatic carbocycles. The maximum Gasteiger partial charge on any atom is 0.309 e. The van der Waals surface area contributed by atoms with Crippen LogP contribution in [0.4, 0.5) is 0 Å². The maximum atomic E-state index is 13.3. The van der Waals surface area contributed by atoms with Gasteiger partial charge in [0, 0.05) is 19.8 Å². The predicted octanol–water partition coefficient (Wildman–Crippen LogP) is 5.24. The van der Waals surface area contributed by atoms with E-state index in [2.05, 4.69) is 34.5 Å². The lowest BCUT2D eigenvalue weighted by Crippen LogP contribution is -2.66. The number of ether oxygens (including phenoxy) is 5. The molecule has 18 heteroatoms. The molecule has 1 aliphatic rings. The van der Waals surface area contributed by atoms with Crippen LogP contribution in [0.3, 0.4) is 0 Å². The molecule has 1 saturated heterocycles. The van der Waals surface area contributed by atoms with Crippen molar-refractivity contribution in [1.29, 1.82) is 0 Å². The van der Waals surface area contributed by atoms with Crippen molar-refractivity contribution < 1.29 is 67.5 Å². The third kappa shape index (κ3) is 27.1. The Labute approximate surface area is 393 Å². The lowest BCUT2D eigenvalue weighted by atomic mass is 9.96. The zero-order chi connectivity index (χ0) is 49.3. The first-order valence-corrected chi connectivity index (χ1v) is 24.8. The third-order valence-electron chi connectivity index (χ3n) is 11.8. The van der Waals surface area contributed by atoms with E-state index >= 15 is 0 Å². The zero-order valence-corrected chi connectivity index (χ0v) is 41.0. The first-order valence-electron chi connectivity index (χ1n) is 24.8. The SMILES string of the molecule is CCCCCCCCCCCCCC(=O)O[C@H](CCCCCCCCCCC)CC(=O)OC[C@H]1OC(O)[C@H](NC(C)=O)[C@H](OC(C)C(=O)N[C@@H](C)C(=O)N[C@H](CCC(=O)OC)C(N)=O)[C@@H]1O. The highest BCUT2D eigenvalue weighted by atomic mass is 16.6. The van der Waals surface area contributed by atoms with Gasteiger partial charge in [0.25, 0.3) is 0 Å². The number of aliphatic hydroxyl groups excluding tert-OH is 2. The van der Waals surface area contributed by atoms with Crippen molar-refractivity contribution in [3.63, 3.8) is 0 Å². The number of unbranched alkanes of at least 4 members (excludes halogenated alkanes) is 18. The summed E-state index contributed by atoms with van der Waals surface area (Å²) < 4.78 is 27.3. The summed E-state index contributed by atoms with van der Waals surface area (Å²) in [5.41, 5.74) is 5.37. The molecule has 0 aromatic rings. The molecule has 0 bridgehead atoms. The van der Waals surface area contributed by atoms with Crippen LogP contribution in [0.15, 0.2) is 0 Å². The van der Waals surface area contributed by atoms with E-state index in [0.717, 1.165) is 44.9 Å². The summed E-state index contributed by atoms with van der Waals surface area (Å²) in [5, 5.41) is 29.6. The average Bonchev–Trinajstić information content (AvgIpc) is 3.27. The van der Waals surface area contributed by atoms with Gasteiger partial charge in [0.1, 0.15) is 55.3 Å². The molecule has 1 aliphatic heterocycles. The topological polar surface area (TPSA) is 268 Å². The minimum absolute atomic E-state index is 0.133. The number of hydrogen-bond donors (Lipinski definition) is 6. The van der Waals surface area contributed by atoms with Crippen LogP contribution in [0.2, 0.25) is 0 Å². The Morgan fingerprint density at radius 1 is 0.667 bits per heavy atom. The third-order valence-corrected chi connectivity index (χ3v) is 11.8. The molecule has 9 atom stereocenters. The second-order valence-electron chi connectivity index (χ2n) is 17.7. The van der Waals surface area contributed by atoms with Gasteiger partial charge in [-0.15, -0.1) is 0 Å². The van der Waals surface area contributed by atoms with Gasteiger partial charge in [-0.05, 0) is 39.5 Å². The van der Waals surface area contributed by atoms with Crippen molar-refractivity contribution >= 4 is 41.5 Å². The van der Waals surface area contributed by atoms with E-state index in [1.807, 2.05) is 0 Å². The fraction of sp³-hybridized carbons (Fsp3) is 0.854. The van der Waals surface area contributed by atoms with Crippen molar-refractivity contribution in [1.82, 2.24) is 16.0 Å². The molecule has 382 valence electrons. The van der Waals surface area contributed by atoms with Gasteiger partial charge in [0.15, 0.2) is 6.29 Å². The fourth-order valence-electron chi connectivity index (χ4n) is 7.75. The quantitative estimate of drug-likeness (QED) is 0.0263. The highest BCUT2D eigenvalue weighted by Gasteiger charge is 2.47. The van der Waals surface area contributed by atoms with Gasteiger partial charge in [-0.1, -0.05) is 129 Å². The van der Waals surface area contributed by atoms with Crippen LogP contribution in [-0.2, 0) is 57.2 Å². The van der Waals surface area contributed by atoms with Crippen LogP contribution in [0.25, 0.3) is 0 Å². The van der Waals surface area contributed by atoms with Crippen molar-refractivity contribution in [3.8, 4) is 0 Å². The minimum atomic E-state index is -1.77. The summed E-state index contributed by atoms with van der Waals surface area (Å²) in [7, 11) is 1.17. The molecule has 2 unspecified atom stereocenters. The summed E-state index contributed by atoms with van der Waals surface area (Å²) in [6.45, 7) is 7.67. The predicted molar refractivity (Wildman–Crippen MR) is 247 cm³/mol. The molecule has 0 aliphatic carbocycles. The second kappa shape index (κ2) is 36.2. The summed E-state index contributed by atoms with van der Waals surface area (Å²) >= 11 is 0. The summed E-state index contributed by atoms with van der Waals surface area (Å²) in [5.74, 6) is -4.83. The summed E-state index contributed by atoms with van der Waals surface area (Å²) in [4.78, 5) is 87.7. The van der Waals surface area contributed by atoms with Crippen LogP contribution < -0.4 is 21.7 Å². The van der Waals surface area contributed by atoms with Gasteiger partial charge in [0.2, 0.25) is 23.6 Å². The Bertz CT molecular complexity index is 1420. The van der Waals surface area contributed by atoms with Crippen molar-refractivity contribution in [2.45, 2.75) is 250 Å². The van der Waals surface area contributed by atoms with E-state index in [1.54, 1.807) is 0 Å². The fourth-order valence-corrected chi connectivity index (χ4v) is 7.75. The highest BCUT2D eigenvalue weighted by Crippen LogP contribution is 2.25. The monoisotopic (exact) mass is 943 g/mol. The van der Waals surface area contributed by atoms with Crippen molar-refractivity contribution in [3.05, 3.63) is 0 Å². The standard InChI is InChI=1S/C48H86N4O14/c1-7-9-11-13-15-17-18-20-22-24-26-28-40(55)65-36(27-25-23-21-19-16-14-12-10-8-2)31-41(56)63-32-38-43(57)44(42(48(61)66-38)51-35(5)53)64-34(4)47(60)50-33(3)46(59)52-37(45(49)58)29-30-39(54)62-6/h33-34,36-38,42-44,48,57,61H,7-32H2,1-6H3,(H2,49,58)(H,50,60)(H,51,53)(H,52,59)/t33-,34?,36+,37+,38+,42+,43+,44-,48?/m0/s1. The number of hydrogen-bond acceptors (Lipinski definition) is 14. The van der Waals surface area contributed by atoms with Crippen molar-refractivity contribution in [2.75, 3.05) is 13.7 Å². The average molecular weight is 943 g/mol. The maximum absolute atomic E-state index is 13.3. The number of nitrogens with one attached hydrogen (secondary N) is 3. The van der Waals surface area contributed by atoms with Crippen LogP contribution in [0.5, 0.6) is 0 Å². The van der Waals surface area contributed by atoms with Crippen LogP contribution in [0, 0.1) is 0 Å². The number of carbonyl (C=O) groups is 7. The van der Waals surface area contributed by atoms with Gasteiger partial charge < -0.3 is 55.6 Å². The number of amides is 4. The van der Waals surface area contributed by atoms with Crippen molar-refractivity contribution in [2.24, 2.45) is 5.73 Å². The molecule has 7 N–H and O–H groups in total. The molecule has 66 heavy (non-hydrogen) atoms. The van der Waals surface area contributed by atoms with Gasteiger partial charge >= 0.3 is 17.9 Å². The molecule has 0 radical (unpaired) electrons. The van der Waals surface area contributed by atoms with Crippen LogP contribution in [-0.4, -0.2) is 120 Å².